The van der Waals surface area contributed by atoms with Crippen molar-refractivity contribution in [1.29, 1.82) is 0 Å². The molecule has 6 nitrogen and oxygen atoms in total. The van der Waals surface area contributed by atoms with Crippen molar-refractivity contribution < 1.29 is 14.3 Å². The van der Waals surface area contributed by atoms with E-state index in [0.717, 1.165) is 31.4 Å². The first-order chi connectivity index (χ1) is 15.5. The Bertz CT molecular complexity index is 907. The number of carbonyl (C=O) groups excluding carboxylic acids is 2. The summed E-state index contributed by atoms with van der Waals surface area (Å²) in [5, 5.41) is 8.95. The number of hydrogen-bond acceptors (Lipinski definition) is 4. The number of hydrogen-bond donors (Lipinski definition) is 3. The van der Waals surface area contributed by atoms with Crippen LogP contribution in [0.2, 0.25) is 0 Å². The molecule has 2 aromatic rings. The summed E-state index contributed by atoms with van der Waals surface area (Å²) < 4.78 is 5.61. The van der Waals surface area contributed by atoms with Crippen molar-refractivity contribution in [2.75, 3.05) is 11.9 Å². The van der Waals surface area contributed by atoms with E-state index in [9.17, 15) is 9.59 Å². The van der Waals surface area contributed by atoms with E-state index in [1.807, 2.05) is 0 Å². The number of unbranched alkanes of at least 4 members (excludes halogenated alkanes) is 1. The lowest BCUT2D eigenvalue weighted by molar-refractivity contribution is 0.0926. The van der Waals surface area contributed by atoms with Crippen LogP contribution in [0.3, 0.4) is 0 Å². The molecule has 2 amide bonds. The van der Waals surface area contributed by atoms with Crippen LogP contribution >= 0.6 is 12.2 Å². The van der Waals surface area contributed by atoms with Crippen LogP contribution in [0.15, 0.2) is 48.5 Å². The van der Waals surface area contributed by atoms with Gasteiger partial charge in [0.2, 0.25) is 0 Å². The summed E-state index contributed by atoms with van der Waals surface area (Å²) in [5.41, 5.74) is 1.80. The number of thiocarbonyl (C=S) groups is 1. The molecule has 7 heteroatoms. The molecule has 1 aliphatic rings. The molecule has 0 heterocycles. The van der Waals surface area contributed by atoms with Gasteiger partial charge in [-0.3, -0.25) is 14.9 Å². The Hall–Kier alpha value is -2.93. The summed E-state index contributed by atoms with van der Waals surface area (Å²) in [7, 11) is 0. The molecular weight excluding hydrogens is 422 g/mol. The highest BCUT2D eigenvalue weighted by Gasteiger charge is 2.16. The summed E-state index contributed by atoms with van der Waals surface area (Å²) in [6.45, 7) is 2.77. The van der Waals surface area contributed by atoms with Crippen molar-refractivity contribution in [2.45, 2.75) is 57.9 Å². The summed E-state index contributed by atoms with van der Waals surface area (Å²) in [6, 6.07) is 14.3. The van der Waals surface area contributed by atoms with Crippen LogP contribution in [0.1, 0.15) is 72.6 Å². The maximum absolute atomic E-state index is 12.4. The van der Waals surface area contributed by atoms with E-state index in [1.54, 1.807) is 48.5 Å². The van der Waals surface area contributed by atoms with Crippen molar-refractivity contribution in [1.82, 2.24) is 10.6 Å². The fraction of sp³-hybridized carbons (Fsp3) is 0.400. The maximum Gasteiger partial charge on any atom is 0.257 e. The average molecular weight is 454 g/mol. The third-order valence-corrected chi connectivity index (χ3v) is 5.66. The molecule has 1 saturated carbocycles. The predicted octanol–water partition coefficient (Wildman–Crippen LogP) is 5.05. The summed E-state index contributed by atoms with van der Waals surface area (Å²) in [4.78, 5) is 24.8. The zero-order chi connectivity index (χ0) is 22.8. The lowest BCUT2D eigenvalue weighted by atomic mass is 9.95. The van der Waals surface area contributed by atoms with E-state index < -0.39 is 0 Å². The molecule has 0 spiro atoms. The minimum Gasteiger partial charge on any atom is -0.494 e. The van der Waals surface area contributed by atoms with Gasteiger partial charge in [-0.1, -0.05) is 32.6 Å². The Morgan fingerprint density at radius 3 is 2.22 bits per heavy atom. The fourth-order valence-corrected chi connectivity index (χ4v) is 3.81. The monoisotopic (exact) mass is 453 g/mol. The second-order valence-corrected chi connectivity index (χ2v) is 8.43. The van der Waals surface area contributed by atoms with Gasteiger partial charge >= 0.3 is 0 Å². The minimum atomic E-state index is -0.300. The van der Waals surface area contributed by atoms with Crippen molar-refractivity contribution >= 4 is 34.8 Å². The van der Waals surface area contributed by atoms with Gasteiger partial charge in [-0.2, -0.15) is 0 Å². The molecule has 0 bridgehead atoms. The summed E-state index contributed by atoms with van der Waals surface area (Å²) in [5.74, 6) is 0.385. The predicted molar refractivity (Wildman–Crippen MR) is 131 cm³/mol. The summed E-state index contributed by atoms with van der Waals surface area (Å²) >= 11 is 5.25. The van der Waals surface area contributed by atoms with Gasteiger partial charge in [-0.25, -0.2) is 0 Å². The molecule has 1 aliphatic carbocycles. The lowest BCUT2D eigenvalue weighted by Crippen LogP contribution is -2.36. The molecule has 3 rings (SSSR count). The maximum atomic E-state index is 12.4. The van der Waals surface area contributed by atoms with Crippen LogP contribution in [0, 0.1) is 0 Å². The van der Waals surface area contributed by atoms with Gasteiger partial charge in [-0.15, -0.1) is 0 Å². The van der Waals surface area contributed by atoms with Gasteiger partial charge in [-0.05, 0) is 80.0 Å². The number of rotatable bonds is 8. The van der Waals surface area contributed by atoms with Crippen molar-refractivity contribution in [3.05, 3.63) is 59.7 Å². The molecule has 32 heavy (non-hydrogen) atoms. The number of ether oxygens (including phenoxy) is 1. The topological polar surface area (TPSA) is 79.5 Å². The van der Waals surface area contributed by atoms with Crippen LogP contribution in [0.4, 0.5) is 5.69 Å². The van der Waals surface area contributed by atoms with Gasteiger partial charge in [0.15, 0.2) is 5.11 Å². The Morgan fingerprint density at radius 1 is 0.938 bits per heavy atom. The molecule has 0 aliphatic heterocycles. The highest BCUT2D eigenvalue weighted by Crippen LogP contribution is 2.18. The standard InChI is InChI=1S/C25H31N3O3S/c1-2-3-17-31-22-15-11-19(12-16-22)24(30)28-25(32)27-21-13-9-18(10-14-21)23(29)26-20-7-5-4-6-8-20/h9-16,20H,2-8,17H2,1H3,(H,26,29)(H2,27,28,30,32). The smallest absolute Gasteiger partial charge is 0.257 e. The molecule has 0 atom stereocenters. The molecule has 170 valence electrons. The number of nitrogens with one attached hydrogen (secondary N) is 3. The van der Waals surface area contributed by atoms with Gasteiger partial charge in [0.1, 0.15) is 5.75 Å². The number of amides is 2. The Labute approximate surface area is 195 Å². The quantitative estimate of drug-likeness (QED) is 0.385. The van der Waals surface area contributed by atoms with Gasteiger partial charge < -0.3 is 15.4 Å². The van der Waals surface area contributed by atoms with E-state index in [4.69, 9.17) is 17.0 Å². The minimum absolute atomic E-state index is 0.0542. The largest absolute Gasteiger partial charge is 0.494 e. The van der Waals surface area contributed by atoms with Gasteiger partial charge in [0.25, 0.3) is 11.8 Å². The molecule has 0 unspecified atom stereocenters. The van der Waals surface area contributed by atoms with Crippen LogP contribution in [0.5, 0.6) is 5.75 Å². The first-order valence-electron chi connectivity index (χ1n) is 11.3. The first-order valence-corrected chi connectivity index (χ1v) is 11.7. The summed E-state index contributed by atoms with van der Waals surface area (Å²) in [6.07, 6.45) is 7.77. The molecular formula is C25H31N3O3S. The SMILES string of the molecule is CCCCOc1ccc(C(=O)NC(=S)Nc2ccc(C(=O)NC3CCCCC3)cc2)cc1. The second-order valence-electron chi connectivity index (χ2n) is 8.02. The zero-order valence-electron chi connectivity index (χ0n) is 18.5. The van der Waals surface area contributed by atoms with E-state index in [2.05, 4.69) is 22.9 Å². The van der Waals surface area contributed by atoms with Crippen molar-refractivity contribution in [3.63, 3.8) is 0 Å². The Morgan fingerprint density at radius 2 is 1.56 bits per heavy atom. The molecule has 0 radical (unpaired) electrons. The third-order valence-electron chi connectivity index (χ3n) is 5.46. The highest BCUT2D eigenvalue weighted by molar-refractivity contribution is 7.80. The number of carbonyl (C=O) groups is 2. The van der Waals surface area contributed by atoms with E-state index in [-0.39, 0.29) is 23.0 Å². The Balaban J connectivity index is 1.46. The molecule has 2 aromatic carbocycles. The Kier molecular flexibility index (Phi) is 9.04. The lowest BCUT2D eigenvalue weighted by Gasteiger charge is -2.22. The molecule has 1 fully saturated rings. The van der Waals surface area contributed by atoms with Gasteiger partial charge in [0, 0.05) is 22.9 Å². The number of anilines is 1. The van der Waals surface area contributed by atoms with Crippen molar-refractivity contribution in [2.24, 2.45) is 0 Å². The molecule has 3 N–H and O–H groups in total. The number of benzene rings is 2. The normalized spacial score (nSPS) is 13.8. The molecule has 0 saturated heterocycles. The highest BCUT2D eigenvalue weighted by atomic mass is 32.1. The van der Waals surface area contributed by atoms with E-state index in [1.165, 1.54) is 19.3 Å². The van der Waals surface area contributed by atoms with E-state index >= 15 is 0 Å². The molecule has 0 aromatic heterocycles. The van der Waals surface area contributed by atoms with Crippen LogP contribution in [0.25, 0.3) is 0 Å². The first kappa shape index (κ1) is 23.7. The van der Waals surface area contributed by atoms with Crippen LogP contribution < -0.4 is 20.7 Å². The second kappa shape index (κ2) is 12.2. The average Bonchev–Trinajstić information content (AvgIpc) is 2.80. The van der Waals surface area contributed by atoms with Gasteiger partial charge in [0.05, 0.1) is 6.61 Å². The third kappa shape index (κ3) is 7.34. The van der Waals surface area contributed by atoms with Crippen LogP contribution in [-0.2, 0) is 0 Å². The fourth-order valence-electron chi connectivity index (χ4n) is 3.60. The van der Waals surface area contributed by atoms with Crippen molar-refractivity contribution in [3.8, 4) is 5.75 Å². The van der Waals surface area contributed by atoms with E-state index in [0.29, 0.717) is 23.4 Å². The van der Waals surface area contributed by atoms with Crippen LogP contribution in [-0.4, -0.2) is 29.6 Å². The zero-order valence-corrected chi connectivity index (χ0v) is 19.3.